The summed E-state index contributed by atoms with van der Waals surface area (Å²) in [4.78, 5) is 0. The van der Waals surface area contributed by atoms with E-state index in [1.165, 1.54) is 135 Å². The summed E-state index contributed by atoms with van der Waals surface area (Å²) < 4.78 is 0. The second kappa shape index (κ2) is 48.4. The minimum Gasteiger partial charge on any atom is -0.393 e. The molecule has 8 rings (SSSR count). The van der Waals surface area contributed by atoms with Crippen LogP contribution in [-0.2, 0) is 0 Å². The molecule has 8 aliphatic rings. The molecule has 8 aliphatic carbocycles. The van der Waals surface area contributed by atoms with Gasteiger partial charge >= 0.3 is 0 Å². The molecule has 8 nitrogen and oxygen atoms in total. The zero-order valence-corrected chi connectivity index (χ0v) is 63.9. The van der Waals surface area contributed by atoms with Crippen LogP contribution in [0, 0.1) is 124 Å². The Morgan fingerprint density at radius 1 is 0.300 bits per heavy atom. The molecule has 0 amide bonds. The van der Waals surface area contributed by atoms with E-state index in [1.807, 2.05) is 0 Å². The Hall–Kier alpha value is -0.320. The largest absolute Gasteiger partial charge is 0.393 e. The Kier molecular flexibility index (Phi) is 47.2. The van der Waals surface area contributed by atoms with E-state index in [4.69, 9.17) is 0 Å². The van der Waals surface area contributed by atoms with Gasteiger partial charge in [0.25, 0.3) is 0 Å². The van der Waals surface area contributed by atoms with Crippen LogP contribution in [0.5, 0.6) is 0 Å². The molecule has 0 aromatic carbocycles. The van der Waals surface area contributed by atoms with E-state index >= 15 is 0 Å². The van der Waals surface area contributed by atoms with Gasteiger partial charge in [0.2, 0.25) is 0 Å². The van der Waals surface area contributed by atoms with Crippen LogP contribution in [0.15, 0.2) is 0 Å². The summed E-state index contributed by atoms with van der Waals surface area (Å²) in [7, 11) is 0. The topological polar surface area (TPSA) is 162 Å². The summed E-state index contributed by atoms with van der Waals surface area (Å²) in [5.41, 5.74) is 0. The monoisotopic (exact) mass is 1280 g/mol. The number of rotatable bonds is 13. The summed E-state index contributed by atoms with van der Waals surface area (Å²) in [5.74, 6) is 15.0. The van der Waals surface area contributed by atoms with Crippen LogP contribution in [0.2, 0.25) is 0 Å². The van der Waals surface area contributed by atoms with E-state index in [0.717, 1.165) is 153 Å². The van der Waals surface area contributed by atoms with Gasteiger partial charge in [-0.15, -0.1) is 0 Å². The van der Waals surface area contributed by atoms with Gasteiger partial charge in [-0.25, -0.2) is 0 Å². The summed E-state index contributed by atoms with van der Waals surface area (Å²) in [5, 5.41) is 76.4. The van der Waals surface area contributed by atoms with Crippen LogP contribution in [0.3, 0.4) is 0 Å². The second-order valence-electron chi connectivity index (χ2n) is 34.5. The Morgan fingerprint density at radius 2 is 0.833 bits per heavy atom. The lowest BCUT2D eigenvalue weighted by Crippen LogP contribution is -2.34. The number of aliphatic hydroxyl groups is 8. The van der Waals surface area contributed by atoms with Gasteiger partial charge in [0.1, 0.15) is 0 Å². The minimum absolute atomic E-state index is 0.0112. The van der Waals surface area contributed by atoms with Crippen molar-refractivity contribution in [3.63, 3.8) is 0 Å². The van der Waals surface area contributed by atoms with Gasteiger partial charge in [-0.1, -0.05) is 229 Å². The predicted molar refractivity (Wildman–Crippen MR) is 388 cm³/mol. The first kappa shape index (κ1) is 87.7. The van der Waals surface area contributed by atoms with Crippen molar-refractivity contribution >= 4 is 0 Å². The summed E-state index contributed by atoms with van der Waals surface area (Å²) in [6, 6.07) is 0. The van der Waals surface area contributed by atoms with Gasteiger partial charge < -0.3 is 40.9 Å². The fraction of sp³-hybridized carbons (Fsp3) is 1.00. The molecule has 0 aromatic rings. The Bertz CT molecular complexity index is 1580. The van der Waals surface area contributed by atoms with Crippen molar-refractivity contribution in [1.82, 2.24) is 0 Å². The van der Waals surface area contributed by atoms with E-state index in [1.54, 1.807) is 0 Å². The molecule has 0 spiro atoms. The maximum Gasteiger partial charge on any atom is 0.0573 e. The summed E-state index contributed by atoms with van der Waals surface area (Å²) >= 11 is 0. The normalized spacial score (nSPS) is 38.7. The van der Waals surface area contributed by atoms with Gasteiger partial charge in [-0.3, -0.25) is 0 Å². The predicted octanol–water partition coefficient (Wildman–Crippen LogP) is 20.7. The average Bonchev–Trinajstić information content (AvgIpc) is 2.82. The maximum atomic E-state index is 9.71. The summed E-state index contributed by atoms with van der Waals surface area (Å²) in [6.07, 6.45) is 38.1. The molecule has 8 heteroatoms. The molecule has 8 saturated carbocycles. The zero-order chi connectivity index (χ0) is 68.4. The fourth-order valence-electron chi connectivity index (χ4n) is 18.0. The van der Waals surface area contributed by atoms with Crippen LogP contribution < -0.4 is 0 Å². The SMILES string of the molecule is CC(C)C1C(C)CCCC1O.CC(C)C1CC(O)CCC1C.CC(C)C1CCC(O)CC1C.CC1CC(O)CC(C(C)C)C1.CC1CCC(O)C(C(C)C)C1.CCCC1CCCC(O)C1C.CCCCC1CCC(C)C(O)C1.CCCCC1CCC(O)C(C)C1. The Morgan fingerprint density at radius 3 is 1.31 bits per heavy atom. The van der Waals surface area contributed by atoms with Crippen molar-refractivity contribution in [3.8, 4) is 0 Å². The highest BCUT2D eigenvalue weighted by atomic mass is 16.3. The number of hydrogen-bond acceptors (Lipinski definition) is 8. The van der Waals surface area contributed by atoms with E-state index in [2.05, 4.69) is 145 Å². The Balaban J connectivity index is 0.000000514. The van der Waals surface area contributed by atoms with Gasteiger partial charge in [0.15, 0.2) is 0 Å². The van der Waals surface area contributed by atoms with Crippen LogP contribution in [0.1, 0.15) is 351 Å². The minimum atomic E-state index is -0.0289. The van der Waals surface area contributed by atoms with Crippen molar-refractivity contribution < 1.29 is 40.9 Å². The quantitative estimate of drug-likeness (QED) is 0.0904. The van der Waals surface area contributed by atoms with Crippen molar-refractivity contribution in [2.45, 2.75) is 400 Å². The lowest BCUT2D eigenvalue weighted by Gasteiger charge is -2.36. The second-order valence-corrected chi connectivity index (χ2v) is 34.5. The molecule has 0 saturated heterocycles. The van der Waals surface area contributed by atoms with Gasteiger partial charge in [0.05, 0.1) is 48.8 Å². The molecular formula is C82H164O8. The van der Waals surface area contributed by atoms with Crippen molar-refractivity contribution in [1.29, 1.82) is 0 Å². The zero-order valence-electron chi connectivity index (χ0n) is 63.9. The maximum absolute atomic E-state index is 9.71. The molecule has 0 aliphatic heterocycles. The molecule has 8 fully saturated rings. The van der Waals surface area contributed by atoms with E-state index in [9.17, 15) is 40.9 Å². The van der Waals surface area contributed by atoms with Gasteiger partial charge in [0, 0.05) is 0 Å². The third-order valence-electron chi connectivity index (χ3n) is 24.6. The smallest absolute Gasteiger partial charge is 0.0573 e. The fourth-order valence-corrected chi connectivity index (χ4v) is 18.0. The lowest BCUT2D eigenvalue weighted by molar-refractivity contribution is 0.0131. The number of hydrogen-bond donors (Lipinski definition) is 8. The molecule has 0 heterocycles. The third-order valence-corrected chi connectivity index (χ3v) is 24.6. The molecule has 24 atom stereocenters. The molecule has 8 N–H and O–H groups in total. The highest BCUT2D eigenvalue weighted by molar-refractivity contribution is 4.85. The molecule has 540 valence electrons. The lowest BCUT2D eigenvalue weighted by atomic mass is 9.73. The van der Waals surface area contributed by atoms with E-state index < -0.39 is 0 Å². The van der Waals surface area contributed by atoms with Crippen LogP contribution >= 0.6 is 0 Å². The molecule has 0 bridgehead atoms. The standard InChI is InChI=1S/2C11H22O.6C10H20O/c1-3-4-5-10-6-7-11(12)9(2)8-10;1-3-4-5-10-7-6-9(2)11(12)8-10;1-7(2)9-4-8(3)5-10(11)6-9;1-7(2)10-5-4-9(11)6-8(10)3;1-7(2)10-6-9(11)5-4-8(10)3;1-7(2)9-6-8(3)4-5-10(9)11;1-7(2)10-8(3)5-4-6-9(10)11;1-3-5-9-6-4-7-10(11)8(9)2/h2*9-12H,3-8H2,1-2H3;5*7-11H,4-6H2,1-3H3;8-11H,3-7H2,1-2H3. The molecule has 0 radical (unpaired) electrons. The van der Waals surface area contributed by atoms with Crippen molar-refractivity contribution in [2.24, 2.45) is 124 Å². The van der Waals surface area contributed by atoms with Crippen LogP contribution in [0.4, 0.5) is 0 Å². The van der Waals surface area contributed by atoms with E-state index in [0.29, 0.717) is 41.4 Å². The first-order valence-corrected chi connectivity index (χ1v) is 39.7. The highest BCUT2D eigenvalue weighted by Crippen LogP contribution is 2.40. The van der Waals surface area contributed by atoms with Crippen LogP contribution in [0.25, 0.3) is 0 Å². The first-order valence-electron chi connectivity index (χ1n) is 39.7. The van der Waals surface area contributed by atoms with Crippen molar-refractivity contribution in [2.75, 3.05) is 0 Å². The molecule has 24 unspecified atom stereocenters. The van der Waals surface area contributed by atoms with Crippen LogP contribution in [-0.4, -0.2) is 89.7 Å². The highest BCUT2D eigenvalue weighted by Gasteiger charge is 2.34. The molecule has 90 heavy (non-hydrogen) atoms. The van der Waals surface area contributed by atoms with Crippen molar-refractivity contribution in [3.05, 3.63) is 0 Å². The third kappa shape index (κ3) is 35.8. The average molecular weight is 1280 g/mol. The molecule has 0 aromatic heterocycles. The summed E-state index contributed by atoms with van der Waals surface area (Å²) in [6.45, 7) is 47.2. The van der Waals surface area contributed by atoms with Gasteiger partial charge in [-0.2, -0.15) is 0 Å². The Labute approximate surface area is 562 Å². The first-order chi connectivity index (χ1) is 42.3. The van der Waals surface area contributed by atoms with E-state index in [-0.39, 0.29) is 48.8 Å². The van der Waals surface area contributed by atoms with Gasteiger partial charge in [-0.05, 0) is 246 Å². The number of aliphatic hydroxyl groups excluding tert-OH is 8. The molecular weight excluding hydrogens is 1110 g/mol. The number of unbranched alkanes of at least 4 members (excludes halogenated alkanes) is 2.